The summed E-state index contributed by atoms with van der Waals surface area (Å²) in [6.07, 6.45) is -10.2. The zero-order chi connectivity index (χ0) is 29.2. The maximum atomic E-state index is 13.3. The summed E-state index contributed by atoms with van der Waals surface area (Å²) in [6.45, 7) is 1.46. The number of hydrogen-bond acceptors (Lipinski definition) is 4. The van der Waals surface area contributed by atoms with E-state index in [0.717, 1.165) is 5.56 Å². The first-order chi connectivity index (χ1) is 18.7. The largest absolute Gasteiger partial charge is 0.416 e. The summed E-state index contributed by atoms with van der Waals surface area (Å²) in [5.41, 5.74) is -2.68. The third-order valence-corrected chi connectivity index (χ3v) is 7.16. The van der Waals surface area contributed by atoms with Crippen molar-refractivity contribution in [3.8, 4) is 5.69 Å². The van der Waals surface area contributed by atoms with Crippen LogP contribution in [0.3, 0.4) is 0 Å². The minimum atomic E-state index is -5.10. The molecule has 5 nitrogen and oxygen atoms in total. The first-order valence-corrected chi connectivity index (χ1v) is 13.2. The number of nitrogens with one attached hydrogen (secondary N) is 1. The standard InChI is InChI=1S/C26H18Cl2F6N4OS/c1-14(35-23(39)16-9-17(25(29,30)31)11-18(10-16)26(32,33)34)22-36-37-24(40-13-15-5-3-2-4-6-15)38(22)21-12-19(27)7-8-20(21)28/h2-12,14H,13H2,1H3,(H,35,39). The molecule has 1 N–H and O–H groups in total. The minimum Gasteiger partial charge on any atom is -0.342 e. The Bertz CT molecular complexity index is 1490. The van der Waals surface area contributed by atoms with Gasteiger partial charge in [-0.2, -0.15) is 26.3 Å². The van der Waals surface area contributed by atoms with Crippen LogP contribution in [0, 0.1) is 0 Å². The average Bonchev–Trinajstić information content (AvgIpc) is 3.32. The molecule has 0 radical (unpaired) electrons. The Balaban J connectivity index is 1.70. The third kappa shape index (κ3) is 6.91. The van der Waals surface area contributed by atoms with E-state index in [4.69, 9.17) is 23.2 Å². The number of nitrogens with zero attached hydrogens (tertiary/aromatic N) is 3. The highest BCUT2D eigenvalue weighted by atomic mass is 35.5. The van der Waals surface area contributed by atoms with Gasteiger partial charge in [-0.3, -0.25) is 9.36 Å². The molecule has 1 unspecified atom stereocenters. The van der Waals surface area contributed by atoms with Crippen molar-refractivity contribution in [3.05, 3.63) is 105 Å². The van der Waals surface area contributed by atoms with Crippen LogP contribution < -0.4 is 5.32 Å². The highest BCUT2D eigenvalue weighted by molar-refractivity contribution is 7.98. The zero-order valence-corrected chi connectivity index (χ0v) is 22.6. The normalized spacial score (nSPS) is 12.8. The topological polar surface area (TPSA) is 59.8 Å². The van der Waals surface area contributed by atoms with E-state index in [1.807, 2.05) is 30.3 Å². The summed E-state index contributed by atoms with van der Waals surface area (Å²) < 4.78 is 81.3. The summed E-state index contributed by atoms with van der Waals surface area (Å²) in [4.78, 5) is 12.9. The molecule has 210 valence electrons. The second-order valence-corrected chi connectivity index (χ2v) is 10.3. The lowest BCUT2D eigenvalue weighted by molar-refractivity contribution is -0.143. The molecule has 0 aliphatic rings. The van der Waals surface area contributed by atoms with Gasteiger partial charge in [-0.25, -0.2) is 0 Å². The molecule has 14 heteroatoms. The fourth-order valence-electron chi connectivity index (χ4n) is 3.69. The van der Waals surface area contributed by atoms with Crippen molar-refractivity contribution in [2.24, 2.45) is 0 Å². The second kappa shape index (κ2) is 11.7. The van der Waals surface area contributed by atoms with Crippen molar-refractivity contribution in [1.29, 1.82) is 0 Å². The van der Waals surface area contributed by atoms with E-state index in [1.165, 1.54) is 23.3 Å². The summed E-state index contributed by atoms with van der Waals surface area (Å²) in [5, 5.41) is 11.7. The summed E-state index contributed by atoms with van der Waals surface area (Å²) in [5.74, 6) is -0.562. The van der Waals surface area contributed by atoms with E-state index in [1.54, 1.807) is 18.2 Å². The van der Waals surface area contributed by atoms with Gasteiger partial charge in [0.2, 0.25) is 0 Å². The third-order valence-electron chi connectivity index (χ3n) is 5.60. The average molecular weight is 619 g/mol. The van der Waals surface area contributed by atoms with Crippen molar-refractivity contribution in [2.45, 2.75) is 36.2 Å². The van der Waals surface area contributed by atoms with Gasteiger partial charge in [-0.15, -0.1) is 10.2 Å². The number of thioether (sulfide) groups is 1. The van der Waals surface area contributed by atoms with Gasteiger partial charge in [0.05, 0.1) is 27.9 Å². The molecular weight excluding hydrogens is 601 g/mol. The zero-order valence-electron chi connectivity index (χ0n) is 20.3. The Labute approximate surface area is 238 Å². The van der Waals surface area contributed by atoms with E-state index in [0.29, 0.717) is 33.8 Å². The quantitative estimate of drug-likeness (QED) is 0.167. The van der Waals surface area contributed by atoms with E-state index >= 15 is 0 Å². The van der Waals surface area contributed by atoms with Crippen LogP contribution in [-0.4, -0.2) is 20.7 Å². The molecular formula is C26H18Cl2F6N4OS. The fraction of sp³-hybridized carbons (Fsp3) is 0.192. The minimum absolute atomic E-state index is 0.0474. The van der Waals surface area contributed by atoms with Gasteiger partial charge in [0, 0.05) is 16.3 Å². The molecule has 0 saturated carbocycles. The van der Waals surface area contributed by atoms with Crippen molar-refractivity contribution in [3.63, 3.8) is 0 Å². The van der Waals surface area contributed by atoms with Gasteiger partial charge in [0.25, 0.3) is 5.91 Å². The van der Waals surface area contributed by atoms with Gasteiger partial charge < -0.3 is 5.32 Å². The molecule has 3 aromatic carbocycles. The summed E-state index contributed by atoms with van der Waals surface area (Å²) in [7, 11) is 0. The van der Waals surface area contributed by atoms with Crippen LogP contribution in [0.5, 0.6) is 0 Å². The number of aromatic nitrogens is 3. The van der Waals surface area contributed by atoms with Crippen LogP contribution >= 0.6 is 35.0 Å². The van der Waals surface area contributed by atoms with Gasteiger partial charge in [0.1, 0.15) is 0 Å². The number of alkyl halides is 6. The monoisotopic (exact) mass is 618 g/mol. The predicted molar refractivity (Wildman–Crippen MR) is 140 cm³/mol. The fourth-order valence-corrected chi connectivity index (χ4v) is 4.97. The summed E-state index contributed by atoms with van der Waals surface area (Å²) >= 11 is 13.9. The van der Waals surface area contributed by atoms with E-state index in [-0.39, 0.29) is 16.9 Å². The number of amides is 1. The maximum Gasteiger partial charge on any atom is 0.416 e. The Morgan fingerprint density at radius 3 is 2.15 bits per heavy atom. The number of carbonyl (C=O) groups is 1. The molecule has 1 atom stereocenters. The van der Waals surface area contributed by atoms with Gasteiger partial charge >= 0.3 is 12.4 Å². The van der Waals surface area contributed by atoms with Gasteiger partial charge in [-0.05, 0) is 48.9 Å². The van der Waals surface area contributed by atoms with Crippen LogP contribution in [0.15, 0.2) is 71.9 Å². The smallest absolute Gasteiger partial charge is 0.342 e. The first-order valence-electron chi connectivity index (χ1n) is 11.4. The van der Waals surface area contributed by atoms with E-state index in [9.17, 15) is 31.1 Å². The Hall–Kier alpha value is -3.22. The van der Waals surface area contributed by atoms with Crippen molar-refractivity contribution >= 4 is 40.9 Å². The lowest BCUT2D eigenvalue weighted by atomic mass is 10.0. The maximum absolute atomic E-state index is 13.3. The molecule has 0 aliphatic carbocycles. The Morgan fingerprint density at radius 2 is 1.55 bits per heavy atom. The van der Waals surface area contributed by atoms with Crippen molar-refractivity contribution < 1.29 is 31.1 Å². The highest BCUT2D eigenvalue weighted by Crippen LogP contribution is 2.37. The van der Waals surface area contributed by atoms with Gasteiger partial charge in [-0.1, -0.05) is 65.3 Å². The Morgan fingerprint density at radius 1 is 0.925 bits per heavy atom. The highest BCUT2D eigenvalue weighted by Gasteiger charge is 2.37. The molecule has 0 aliphatic heterocycles. The summed E-state index contributed by atoms with van der Waals surface area (Å²) in [6, 6.07) is 13.7. The lowest BCUT2D eigenvalue weighted by Gasteiger charge is -2.18. The second-order valence-electron chi connectivity index (χ2n) is 8.54. The molecule has 0 spiro atoms. The van der Waals surface area contributed by atoms with Crippen LogP contribution in [0.2, 0.25) is 10.0 Å². The van der Waals surface area contributed by atoms with Crippen molar-refractivity contribution in [1.82, 2.24) is 20.1 Å². The number of carbonyl (C=O) groups excluding carboxylic acids is 1. The molecule has 4 aromatic rings. The Kier molecular flexibility index (Phi) is 8.72. The van der Waals surface area contributed by atoms with E-state index < -0.39 is 41.0 Å². The molecule has 4 rings (SSSR count). The number of rotatable bonds is 7. The van der Waals surface area contributed by atoms with Crippen molar-refractivity contribution in [2.75, 3.05) is 0 Å². The molecule has 0 bridgehead atoms. The number of halogens is 8. The molecule has 1 heterocycles. The lowest BCUT2D eigenvalue weighted by Crippen LogP contribution is -2.29. The number of hydrogen-bond donors (Lipinski definition) is 1. The van der Waals surface area contributed by atoms with Crippen LogP contribution in [0.25, 0.3) is 5.69 Å². The molecule has 0 saturated heterocycles. The molecule has 1 aromatic heterocycles. The molecule has 1 amide bonds. The molecule has 40 heavy (non-hydrogen) atoms. The SMILES string of the molecule is CC(NC(=O)c1cc(C(F)(F)F)cc(C(F)(F)F)c1)c1nnc(SCc2ccccc2)n1-c1cc(Cl)ccc1Cl. The van der Waals surface area contributed by atoms with Crippen LogP contribution in [0.1, 0.15) is 45.8 Å². The van der Waals surface area contributed by atoms with Crippen LogP contribution in [0.4, 0.5) is 26.3 Å². The van der Waals surface area contributed by atoms with E-state index in [2.05, 4.69) is 15.5 Å². The van der Waals surface area contributed by atoms with Crippen LogP contribution in [-0.2, 0) is 18.1 Å². The first kappa shape index (κ1) is 29.8. The van der Waals surface area contributed by atoms with Gasteiger partial charge in [0.15, 0.2) is 11.0 Å². The molecule has 0 fully saturated rings. The number of benzene rings is 3. The predicted octanol–water partition coefficient (Wildman–Crippen LogP) is 8.40.